The number of aromatic amines is 1. The highest BCUT2D eigenvalue weighted by atomic mass is 16.1. The van der Waals surface area contributed by atoms with Gasteiger partial charge < -0.3 is 11.5 Å². The van der Waals surface area contributed by atoms with Gasteiger partial charge in [0.15, 0.2) is 0 Å². The van der Waals surface area contributed by atoms with E-state index in [4.69, 9.17) is 11.5 Å². The van der Waals surface area contributed by atoms with Crippen molar-refractivity contribution in [3.8, 4) is 0 Å². The van der Waals surface area contributed by atoms with Crippen LogP contribution < -0.4 is 11.5 Å². The molecule has 0 atom stereocenters. The van der Waals surface area contributed by atoms with Crippen LogP contribution in [-0.2, 0) is 0 Å². The van der Waals surface area contributed by atoms with Crippen LogP contribution in [0, 0.1) is 0 Å². The number of nitrogens with zero attached hydrogens (tertiary/aromatic N) is 5. The molecule has 0 bridgehead atoms. The first-order chi connectivity index (χ1) is 9.16. The number of anilines is 1. The molecule has 0 spiro atoms. The molecule has 3 rings (SSSR count). The second-order valence-electron chi connectivity index (χ2n) is 3.39. The predicted octanol–water partition coefficient (Wildman–Crippen LogP) is -0.489. The lowest BCUT2D eigenvalue weighted by Gasteiger charge is -1.96. The average Bonchev–Trinajstić information content (AvgIpc) is 2.90. The molecular weight excluding hydrogens is 248 g/mol. The molecule has 0 unspecified atom stereocenters. The molecule has 3 aromatic rings. The lowest BCUT2D eigenvalue weighted by atomic mass is 10.2. The number of hydrogen-bond acceptors (Lipinski definition) is 7. The number of fused-ring (bicyclic) bond motifs is 1. The second kappa shape index (κ2) is 5.49. The SMILES string of the molecule is NC(=O)c1ncc2ccccc2n1.Nc1nn[nH]n1. The molecule has 0 aliphatic rings. The van der Waals surface area contributed by atoms with E-state index >= 15 is 0 Å². The summed E-state index contributed by atoms with van der Waals surface area (Å²) in [6.07, 6.45) is 1.59. The molecule has 9 nitrogen and oxygen atoms in total. The minimum atomic E-state index is -0.606. The summed E-state index contributed by atoms with van der Waals surface area (Å²) in [6.45, 7) is 0. The fraction of sp³-hybridized carbons (Fsp3) is 0. The van der Waals surface area contributed by atoms with Crippen LogP contribution in [0.4, 0.5) is 5.95 Å². The number of nitrogens with one attached hydrogen (secondary N) is 1. The van der Waals surface area contributed by atoms with Gasteiger partial charge in [0, 0.05) is 11.6 Å². The van der Waals surface area contributed by atoms with Crippen LogP contribution in [0.3, 0.4) is 0 Å². The molecule has 9 heteroatoms. The first-order valence-corrected chi connectivity index (χ1v) is 5.17. The zero-order chi connectivity index (χ0) is 13.7. The molecule has 2 heterocycles. The molecule has 5 N–H and O–H groups in total. The zero-order valence-electron chi connectivity index (χ0n) is 9.69. The van der Waals surface area contributed by atoms with Crippen LogP contribution in [0.1, 0.15) is 10.6 Å². The maximum atomic E-state index is 10.7. The number of H-pyrrole nitrogens is 1. The van der Waals surface area contributed by atoms with Gasteiger partial charge in [-0.15, -0.1) is 5.10 Å². The number of nitrogens with two attached hydrogens (primary N) is 2. The Balaban J connectivity index is 0.000000186. The largest absolute Gasteiger partial charge is 0.365 e. The number of hydrogen-bond donors (Lipinski definition) is 3. The molecule has 0 aliphatic heterocycles. The van der Waals surface area contributed by atoms with Gasteiger partial charge in [-0.2, -0.15) is 5.21 Å². The van der Waals surface area contributed by atoms with Crippen molar-refractivity contribution in [2.24, 2.45) is 5.73 Å². The van der Waals surface area contributed by atoms with Gasteiger partial charge in [0.05, 0.1) is 5.52 Å². The number of amides is 1. The van der Waals surface area contributed by atoms with Crippen molar-refractivity contribution in [3.63, 3.8) is 0 Å². The normalized spacial score (nSPS) is 9.68. The first-order valence-electron chi connectivity index (χ1n) is 5.17. The van der Waals surface area contributed by atoms with Crippen molar-refractivity contribution in [1.82, 2.24) is 30.6 Å². The van der Waals surface area contributed by atoms with Crippen LogP contribution in [-0.4, -0.2) is 36.5 Å². The fourth-order valence-corrected chi connectivity index (χ4v) is 1.26. The first kappa shape index (κ1) is 12.4. The highest BCUT2D eigenvalue weighted by Crippen LogP contribution is 2.08. The summed E-state index contributed by atoms with van der Waals surface area (Å²) in [5, 5.41) is 12.9. The van der Waals surface area contributed by atoms with Crippen LogP contribution in [0.15, 0.2) is 30.5 Å². The Hall–Kier alpha value is -3.10. The van der Waals surface area contributed by atoms with Crippen LogP contribution in [0.5, 0.6) is 0 Å². The van der Waals surface area contributed by atoms with Gasteiger partial charge >= 0.3 is 0 Å². The lowest BCUT2D eigenvalue weighted by molar-refractivity contribution is 0.0991. The van der Waals surface area contributed by atoms with E-state index in [0.29, 0.717) is 0 Å². The Kier molecular flexibility index (Phi) is 3.57. The maximum absolute atomic E-state index is 10.7. The smallest absolute Gasteiger partial charge is 0.286 e. The van der Waals surface area contributed by atoms with E-state index in [-0.39, 0.29) is 11.8 Å². The van der Waals surface area contributed by atoms with Crippen molar-refractivity contribution in [2.45, 2.75) is 0 Å². The molecule has 0 fully saturated rings. The predicted molar refractivity (Wildman–Crippen MR) is 66.6 cm³/mol. The van der Waals surface area contributed by atoms with Crippen molar-refractivity contribution in [2.75, 3.05) is 5.73 Å². The van der Waals surface area contributed by atoms with E-state index in [1.807, 2.05) is 24.3 Å². The summed E-state index contributed by atoms with van der Waals surface area (Å²) >= 11 is 0. The quantitative estimate of drug-likeness (QED) is 0.533. The van der Waals surface area contributed by atoms with Crippen LogP contribution >= 0.6 is 0 Å². The van der Waals surface area contributed by atoms with Gasteiger partial charge in [-0.25, -0.2) is 9.97 Å². The Bertz CT molecular complexity index is 681. The van der Waals surface area contributed by atoms with E-state index in [1.54, 1.807) is 6.20 Å². The monoisotopic (exact) mass is 258 g/mol. The number of para-hydroxylation sites is 1. The number of carbonyl (C=O) groups is 1. The summed E-state index contributed by atoms with van der Waals surface area (Å²) in [5.41, 5.74) is 10.7. The van der Waals surface area contributed by atoms with Crippen molar-refractivity contribution in [3.05, 3.63) is 36.3 Å². The molecule has 0 aliphatic carbocycles. The summed E-state index contributed by atoms with van der Waals surface area (Å²) in [5.74, 6) is -0.376. The zero-order valence-corrected chi connectivity index (χ0v) is 9.69. The number of carbonyl (C=O) groups excluding carboxylic acids is 1. The Morgan fingerprint density at radius 1 is 1.26 bits per heavy atom. The highest BCUT2D eigenvalue weighted by Gasteiger charge is 2.03. The molecule has 0 saturated carbocycles. The molecule has 96 valence electrons. The standard InChI is InChI=1S/C9H7N3O.CH3N5/c10-8(13)9-11-5-6-3-1-2-4-7(6)12-9;2-1-3-5-6-4-1/h1-5H,(H2,10,13);(H3,2,3,4,5,6). The number of rotatable bonds is 1. The topological polar surface area (TPSA) is 149 Å². The van der Waals surface area contributed by atoms with Gasteiger partial charge in [0.25, 0.3) is 11.9 Å². The minimum absolute atomic E-state index is 0.0544. The third kappa shape index (κ3) is 3.19. The summed E-state index contributed by atoms with van der Waals surface area (Å²) < 4.78 is 0. The fourth-order valence-electron chi connectivity index (χ4n) is 1.26. The van der Waals surface area contributed by atoms with E-state index in [1.165, 1.54) is 0 Å². The molecule has 0 radical (unpaired) electrons. The number of primary amides is 1. The Morgan fingerprint density at radius 2 is 2.05 bits per heavy atom. The van der Waals surface area contributed by atoms with Crippen LogP contribution in [0.25, 0.3) is 10.9 Å². The number of nitrogen functional groups attached to an aromatic ring is 1. The molecule has 2 aromatic heterocycles. The highest BCUT2D eigenvalue weighted by molar-refractivity contribution is 5.91. The second-order valence-corrected chi connectivity index (χ2v) is 3.39. The third-order valence-electron chi connectivity index (χ3n) is 2.07. The van der Waals surface area contributed by atoms with E-state index in [0.717, 1.165) is 10.9 Å². The van der Waals surface area contributed by atoms with Crippen molar-refractivity contribution >= 4 is 22.8 Å². The van der Waals surface area contributed by atoms with Gasteiger partial charge in [0.1, 0.15) is 0 Å². The van der Waals surface area contributed by atoms with Crippen molar-refractivity contribution in [1.29, 1.82) is 0 Å². The lowest BCUT2D eigenvalue weighted by Crippen LogP contribution is -2.14. The van der Waals surface area contributed by atoms with E-state index < -0.39 is 5.91 Å². The third-order valence-corrected chi connectivity index (χ3v) is 2.07. The number of aromatic nitrogens is 6. The summed E-state index contributed by atoms with van der Waals surface area (Å²) in [7, 11) is 0. The number of benzene rings is 1. The minimum Gasteiger partial charge on any atom is -0.365 e. The van der Waals surface area contributed by atoms with Gasteiger partial charge in [-0.1, -0.05) is 23.3 Å². The van der Waals surface area contributed by atoms with Gasteiger partial charge in [-0.05, 0) is 11.3 Å². The number of tetrazole rings is 1. The molecule has 0 saturated heterocycles. The Labute approximate surface area is 107 Å². The van der Waals surface area contributed by atoms with E-state index in [2.05, 4.69) is 30.6 Å². The average molecular weight is 258 g/mol. The molecule has 19 heavy (non-hydrogen) atoms. The maximum Gasteiger partial charge on any atom is 0.286 e. The van der Waals surface area contributed by atoms with Crippen molar-refractivity contribution < 1.29 is 4.79 Å². The summed E-state index contributed by atoms with van der Waals surface area (Å²) in [6, 6.07) is 7.42. The van der Waals surface area contributed by atoms with E-state index in [9.17, 15) is 4.79 Å². The van der Waals surface area contributed by atoms with Gasteiger partial charge in [0.2, 0.25) is 5.82 Å². The Morgan fingerprint density at radius 3 is 2.63 bits per heavy atom. The molecular formula is C10H10N8O. The van der Waals surface area contributed by atoms with Crippen LogP contribution in [0.2, 0.25) is 0 Å². The molecule has 1 aromatic carbocycles. The summed E-state index contributed by atoms with van der Waals surface area (Å²) in [4.78, 5) is 18.6. The van der Waals surface area contributed by atoms with Gasteiger partial charge in [-0.3, -0.25) is 4.79 Å². The molecule has 1 amide bonds.